The van der Waals surface area contributed by atoms with E-state index in [1.54, 1.807) is 30.4 Å². The molecular formula is C80H86Br2N12O8. The summed E-state index contributed by atoms with van der Waals surface area (Å²) in [4.78, 5) is 77.0. The maximum absolute atomic E-state index is 13.5. The van der Waals surface area contributed by atoms with Gasteiger partial charge in [-0.2, -0.15) is 0 Å². The summed E-state index contributed by atoms with van der Waals surface area (Å²) in [6.45, 7) is 25.5. The molecule has 0 bridgehead atoms. The molecular weight excluding hydrogens is 1420 g/mol. The van der Waals surface area contributed by atoms with Crippen LogP contribution in [0.3, 0.4) is 0 Å². The zero-order chi connectivity index (χ0) is 71.8. The van der Waals surface area contributed by atoms with Crippen LogP contribution in [0.1, 0.15) is 100 Å². The molecule has 0 saturated carbocycles. The van der Waals surface area contributed by atoms with E-state index in [9.17, 15) is 19.2 Å². The minimum atomic E-state index is -0.0935. The second-order valence-electron chi connectivity index (χ2n) is 24.3. The molecule has 528 valence electrons. The van der Waals surface area contributed by atoms with Crippen molar-refractivity contribution in [3.05, 3.63) is 259 Å². The summed E-state index contributed by atoms with van der Waals surface area (Å²) in [5.74, 6) is 5.53. The highest BCUT2D eigenvalue weighted by Gasteiger charge is 2.28. The van der Waals surface area contributed by atoms with Crippen molar-refractivity contribution in [3.8, 4) is 45.7 Å². The van der Waals surface area contributed by atoms with Gasteiger partial charge in [0.05, 0.1) is 115 Å². The van der Waals surface area contributed by atoms with Gasteiger partial charge in [-0.1, -0.05) is 129 Å². The minimum Gasteiger partial charge on any atom is -0.492 e. The molecule has 0 radical (unpaired) electrons. The predicted octanol–water partition coefficient (Wildman–Crippen LogP) is 14.0. The monoisotopic (exact) mass is 1500 g/mol. The predicted molar refractivity (Wildman–Crippen MR) is 414 cm³/mol. The highest BCUT2D eigenvalue weighted by molar-refractivity contribution is 9.09. The van der Waals surface area contributed by atoms with Crippen molar-refractivity contribution in [2.45, 2.75) is 77.1 Å². The zero-order valence-corrected chi connectivity index (χ0v) is 61.9. The van der Waals surface area contributed by atoms with Crippen LogP contribution in [-0.2, 0) is 0 Å². The molecule has 0 spiro atoms. The smallest absolute Gasteiger partial charge is 0.266 e. The van der Waals surface area contributed by atoms with Gasteiger partial charge in [-0.05, 0) is 152 Å². The first-order chi connectivity index (χ1) is 49.7. The number of piperazine rings is 2. The van der Waals surface area contributed by atoms with Crippen molar-refractivity contribution >= 4 is 75.5 Å². The third-order valence-electron chi connectivity index (χ3n) is 17.7. The van der Waals surface area contributed by atoms with Gasteiger partial charge in [0, 0.05) is 52.4 Å². The van der Waals surface area contributed by atoms with E-state index in [0.717, 1.165) is 86.4 Å². The maximum atomic E-state index is 13.5. The van der Waals surface area contributed by atoms with E-state index in [-0.39, 0.29) is 44.0 Å². The van der Waals surface area contributed by atoms with Crippen LogP contribution in [0.5, 0.6) is 23.0 Å². The molecule has 12 aromatic rings. The number of hydrogen-bond acceptors (Lipinski definition) is 16. The zero-order valence-electron chi connectivity index (χ0n) is 58.8. The molecule has 4 atom stereocenters. The first kappa shape index (κ1) is 73.5. The van der Waals surface area contributed by atoms with Gasteiger partial charge in [0.25, 0.3) is 22.2 Å². The van der Waals surface area contributed by atoms with Crippen LogP contribution >= 0.6 is 31.9 Å². The number of nitrogens with zero attached hydrogens (tertiary/aromatic N) is 10. The van der Waals surface area contributed by atoms with Crippen molar-refractivity contribution in [3.63, 3.8) is 0 Å². The summed E-state index contributed by atoms with van der Waals surface area (Å²) in [5.41, 5.74) is 5.45. The Balaban J connectivity index is 0.000000137. The molecule has 14 rings (SSSR count). The van der Waals surface area contributed by atoms with E-state index in [0.29, 0.717) is 105 Å². The van der Waals surface area contributed by atoms with E-state index in [2.05, 4.69) is 76.1 Å². The Kier molecular flexibility index (Phi) is 25.1. The molecule has 0 amide bonds. The van der Waals surface area contributed by atoms with Crippen molar-refractivity contribution in [2.75, 3.05) is 78.8 Å². The van der Waals surface area contributed by atoms with Crippen molar-refractivity contribution in [1.29, 1.82) is 0 Å². The summed E-state index contributed by atoms with van der Waals surface area (Å²) < 4.78 is 29.8. The van der Waals surface area contributed by atoms with Crippen LogP contribution in [-0.4, -0.2) is 127 Å². The summed E-state index contributed by atoms with van der Waals surface area (Å²) in [6.07, 6.45) is 0. The van der Waals surface area contributed by atoms with Crippen molar-refractivity contribution in [1.82, 2.24) is 58.6 Å². The van der Waals surface area contributed by atoms with Gasteiger partial charge in [0.15, 0.2) is 0 Å². The van der Waals surface area contributed by atoms with E-state index < -0.39 is 0 Å². The van der Waals surface area contributed by atoms with Gasteiger partial charge in [0.2, 0.25) is 0 Å². The van der Waals surface area contributed by atoms with Crippen molar-refractivity contribution < 1.29 is 18.9 Å². The Morgan fingerprint density at radius 1 is 0.333 bits per heavy atom. The number of rotatable bonds is 18. The number of hydrogen-bond donors (Lipinski definition) is 2. The Bertz CT molecular complexity index is 4810. The number of aromatic nitrogens is 8. The molecule has 22 heteroatoms. The minimum absolute atomic E-state index is 0.00842. The quantitative estimate of drug-likeness (QED) is 0.0766. The molecule has 4 unspecified atom stereocenters. The van der Waals surface area contributed by atoms with E-state index in [4.69, 9.17) is 28.9 Å². The van der Waals surface area contributed by atoms with Crippen molar-refractivity contribution in [2.24, 2.45) is 0 Å². The fourth-order valence-corrected chi connectivity index (χ4v) is 13.4. The molecule has 4 aromatic heterocycles. The first-order valence-corrected chi connectivity index (χ1v) is 36.6. The Morgan fingerprint density at radius 2 is 0.549 bits per heavy atom. The van der Waals surface area contributed by atoms with Crippen LogP contribution in [0.4, 0.5) is 0 Å². The average Bonchev–Trinajstić information content (AvgIpc) is 0.801. The van der Waals surface area contributed by atoms with Gasteiger partial charge in [-0.3, -0.25) is 47.2 Å². The van der Waals surface area contributed by atoms with Gasteiger partial charge in [-0.15, -0.1) is 0 Å². The third kappa shape index (κ3) is 16.3. The van der Waals surface area contributed by atoms with Crippen LogP contribution in [0.2, 0.25) is 0 Å². The SMILES string of the molecule is CCOc1ccccc1-n1c(C(C)Br)nc2ccccc2c1=O.CCOc1ccccc1-n1c(C(C)Br)nc2ccccc2c1=O.CCOc1ccccc1-n1c(C(C)N2CCNCC2)nc2ccccc2c1=O.CCOc1ccccc1-n1c(C(C)N2CCNCC2)nc2ccccc2c1=O. The number of para-hydroxylation sites is 12. The molecule has 2 fully saturated rings. The molecule has 2 N–H and O–H groups in total. The molecule has 2 aliphatic heterocycles. The van der Waals surface area contributed by atoms with Gasteiger partial charge in [-0.25, -0.2) is 19.9 Å². The number of ether oxygens (including phenoxy) is 4. The fraction of sp³-hybridized carbons (Fsp3) is 0.300. The summed E-state index contributed by atoms with van der Waals surface area (Å²) >= 11 is 7.10. The van der Waals surface area contributed by atoms with Gasteiger partial charge < -0.3 is 29.6 Å². The van der Waals surface area contributed by atoms with Crippen LogP contribution < -0.4 is 51.8 Å². The maximum Gasteiger partial charge on any atom is 0.266 e. The summed E-state index contributed by atoms with van der Waals surface area (Å²) in [6, 6.07) is 60.3. The lowest BCUT2D eigenvalue weighted by Gasteiger charge is -2.33. The number of alkyl halides is 2. The summed E-state index contributed by atoms with van der Waals surface area (Å²) in [5, 5.41) is 9.19. The molecule has 0 aliphatic carbocycles. The lowest BCUT2D eigenvalue weighted by molar-refractivity contribution is 0.177. The number of nitrogens with one attached hydrogen (secondary N) is 2. The molecule has 6 heterocycles. The van der Waals surface area contributed by atoms with Crippen LogP contribution in [0, 0.1) is 0 Å². The highest BCUT2D eigenvalue weighted by Crippen LogP contribution is 2.33. The van der Waals surface area contributed by atoms with Gasteiger partial charge in [0.1, 0.15) is 46.3 Å². The molecule has 2 aliphatic rings. The second kappa shape index (κ2) is 34.8. The van der Waals surface area contributed by atoms with Crippen LogP contribution in [0.15, 0.2) is 213 Å². The Labute approximate surface area is 609 Å². The van der Waals surface area contributed by atoms with E-state index in [1.165, 1.54) is 0 Å². The third-order valence-corrected chi connectivity index (χ3v) is 18.5. The van der Waals surface area contributed by atoms with Gasteiger partial charge >= 0.3 is 0 Å². The fourth-order valence-electron chi connectivity index (χ4n) is 12.8. The Hall–Kier alpha value is -9.68. The second-order valence-corrected chi connectivity index (χ2v) is 27.0. The number of benzene rings is 8. The standard InChI is InChI=1S/2C22H26N4O2.2C18H17BrN2O2/c2*1-3-28-20-11-7-6-10-19(20)26-21(16(2)25-14-12-23-13-15-25)24-18-9-5-4-8-17(18)22(26)27;2*1-3-23-16-11-7-6-10-15(16)21-17(12(2)19)20-14-9-5-4-8-13(14)18(21)22/h2*4-11,16,23H,3,12-15H2,1-2H3;2*4-12H,3H2,1-2H3. The lowest BCUT2D eigenvalue weighted by Crippen LogP contribution is -2.45. The van der Waals surface area contributed by atoms with E-state index in [1.807, 2.05) is 224 Å². The molecule has 2 saturated heterocycles. The normalized spacial score (nSPS) is 14.5. The molecule has 8 aromatic carbocycles. The first-order valence-electron chi connectivity index (χ1n) is 34.8. The van der Waals surface area contributed by atoms with E-state index >= 15 is 0 Å². The number of halogens is 2. The van der Waals surface area contributed by atoms with Crippen LogP contribution in [0.25, 0.3) is 66.4 Å². The summed E-state index contributed by atoms with van der Waals surface area (Å²) in [7, 11) is 0. The molecule has 102 heavy (non-hydrogen) atoms. The Morgan fingerprint density at radius 3 is 0.794 bits per heavy atom. The lowest BCUT2D eigenvalue weighted by atomic mass is 10.1. The largest absolute Gasteiger partial charge is 0.492 e. The number of fused-ring (bicyclic) bond motifs is 4. The molecule has 20 nitrogen and oxygen atoms in total. The average molecular weight is 1500 g/mol. The topological polar surface area (TPSA) is 207 Å². The highest BCUT2D eigenvalue weighted by atomic mass is 79.9.